The average Bonchev–Trinajstić information content (AvgIpc) is 3.79. The second-order valence-electron chi connectivity index (χ2n) is 11.7. The molecule has 2 bridgehead atoms. The van der Waals surface area contributed by atoms with E-state index < -0.39 is 9.84 Å². The zero-order valence-electron chi connectivity index (χ0n) is 25.3. The molecule has 238 valence electrons. The van der Waals surface area contributed by atoms with E-state index in [1.807, 2.05) is 41.3 Å². The minimum absolute atomic E-state index is 0.0126. The summed E-state index contributed by atoms with van der Waals surface area (Å²) in [5.74, 6) is 0.534. The first-order valence-corrected chi connectivity index (χ1v) is 16.9. The van der Waals surface area contributed by atoms with Gasteiger partial charge in [-0.2, -0.15) is 14.7 Å². The second kappa shape index (κ2) is 11.8. The Morgan fingerprint density at radius 2 is 1.76 bits per heavy atom. The second-order valence-corrected chi connectivity index (χ2v) is 13.6. The molecule has 15 heteroatoms. The number of sulfone groups is 1. The van der Waals surface area contributed by atoms with Crippen molar-refractivity contribution >= 4 is 27.2 Å². The standard InChI is InChI=1S/C31H33N9O5S/c1-44-11-12-45-23-8-3-18(4-9-23)25-10-5-19(15-33-25)24-16-36-40-28(32)27(46(2,42)43)26(37-30(24)40)20-13-21-6-7-22(14-20)39(21)31(41)29-34-17-35-38-29/h3-5,8-10,15-17,20-22H,6-7,11-14,32H2,1-2H3,(H,34,35,38). The number of benzene rings is 1. The Bertz CT molecular complexity index is 1980. The van der Waals surface area contributed by atoms with E-state index in [9.17, 15) is 13.2 Å². The molecule has 1 aromatic carbocycles. The molecule has 2 atom stereocenters. The Hall–Kier alpha value is -4.89. The highest BCUT2D eigenvalue weighted by molar-refractivity contribution is 7.91. The number of anilines is 1. The Kier molecular flexibility index (Phi) is 7.64. The highest BCUT2D eigenvalue weighted by atomic mass is 32.2. The molecule has 7 rings (SSSR count). The molecule has 0 spiro atoms. The SMILES string of the molecule is COCCOc1ccc(-c2ccc(-c3cnn4c(N)c(S(C)(=O)=O)c(C5CC6CCC(C5)N6C(=O)c5ncn[nH]5)nc34)cn2)cc1. The molecule has 14 nitrogen and oxygen atoms in total. The van der Waals surface area contributed by atoms with Crippen LogP contribution in [0.2, 0.25) is 0 Å². The zero-order valence-corrected chi connectivity index (χ0v) is 26.1. The number of hydrogen-bond acceptors (Lipinski definition) is 11. The number of nitrogen functional groups attached to an aromatic ring is 1. The normalized spacial score (nSPS) is 19.5. The van der Waals surface area contributed by atoms with Gasteiger partial charge in [0.1, 0.15) is 29.4 Å². The van der Waals surface area contributed by atoms with E-state index in [1.54, 1.807) is 19.5 Å². The lowest BCUT2D eigenvalue weighted by atomic mass is 9.87. The molecule has 0 aliphatic carbocycles. The number of H-pyrrole nitrogens is 1. The molecule has 4 aromatic heterocycles. The topological polar surface area (TPSA) is 184 Å². The lowest BCUT2D eigenvalue weighted by Crippen LogP contribution is -2.46. The fourth-order valence-corrected chi connectivity index (χ4v) is 7.79. The molecule has 0 radical (unpaired) electrons. The van der Waals surface area contributed by atoms with E-state index in [0.717, 1.165) is 41.7 Å². The molecular formula is C31H33N9O5S. The summed E-state index contributed by atoms with van der Waals surface area (Å²) in [6.45, 7) is 0.982. The summed E-state index contributed by atoms with van der Waals surface area (Å²) in [7, 11) is -2.14. The van der Waals surface area contributed by atoms with Crippen LogP contribution in [0.1, 0.15) is 47.9 Å². The number of aromatic amines is 1. The maximum atomic E-state index is 13.2. The predicted octanol–water partition coefficient (Wildman–Crippen LogP) is 3.14. The summed E-state index contributed by atoms with van der Waals surface area (Å²) >= 11 is 0. The van der Waals surface area contributed by atoms with Gasteiger partial charge in [0.05, 0.1) is 24.2 Å². The van der Waals surface area contributed by atoms with Crippen molar-refractivity contribution in [2.75, 3.05) is 32.3 Å². The molecule has 2 fully saturated rings. The molecule has 6 heterocycles. The molecule has 5 aromatic rings. The number of nitrogens with zero attached hydrogens (tertiary/aromatic N) is 7. The van der Waals surface area contributed by atoms with Gasteiger partial charge in [-0.3, -0.25) is 14.9 Å². The van der Waals surface area contributed by atoms with Crippen molar-refractivity contribution in [3.05, 3.63) is 66.6 Å². The summed E-state index contributed by atoms with van der Waals surface area (Å²) in [6, 6.07) is 11.3. The number of pyridine rings is 1. The first-order valence-electron chi connectivity index (χ1n) is 15.0. The molecule has 2 aliphatic rings. The van der Waals surface area contributed by atoms with Crippen LogP contribution in [0.15, 0.2) is 60.0 Å². The first-order chi connectivity index (χ1) is 22.2. The van der Waals surface area contributed by atoms with Gasteiger partial charge in [0.15, 0.2) is 15.5 Å². The number of methoxy groups -OCH3 is 1. The van der Waals surface area contributed by atoms with Gasteiger partial charge in [0.2, 0.25) is 5.82 Å². The monoisotopic (exact) mass is 643 g/mol. The van der Waals surface area contributed by atoms with Crippen molar-refractivity contribution in [1.29, 1.82) is 0 Å². The van der Waals surface area contributed by atoms with Crippen LogP contribution < -0.4 is 10.5 Å². The average molecular weight is 644 g/mol. The number of hydrogen-bond donors (Lipinski definition) is 2. The third-order valence-corrected chi connectivity index (χ3v) is 9.95. The molecule has 46 heavy (non-hydrogen) atoms. The maximum Gasteiger partial charge on any atom is 0.291 e. The molecule has 2 aliphatic heterocycles. The van der Waals surface area contributed by atoms with Crippen LogP contribution in [0.4, 0.5) is 5.82 Å². The summed E-state index contributed by atoms with van der Waals surface area (Å²) in [5.41, 5.74) is 10.5. The molecular weight excluding hydrogens is 610 g/mol. The Morgan fingerprint density at radius 1 is 1.02 bits per heavy atom. The number of carbonyl (C=O) groups is 1. The van der Waals surface area contributed by atoms with E-state index >= 15 is 0 Å². The van der Waals surface area contributed by atoms with Gasteiger partial charge in [0, 0.05) is 54.3 Å². The first kappa shape index (κ1) is 29.8. The Balaban J connectivity index is 1.20. The van der Waals surface area contributed by atoms with E-state index in [1.165, 1.54) is 10.8 Å². The number of piperidine rings is 1. The minimum Gasteiger partial charge on any atom is -0.491 e. The van der Waals surface area contributed by atoms with Gasteiger partial charge in [-0.1, -0.05) is 6.07 Å². The smallest absolute Gasteiger partial charge is 0.291 e. The summed E-state index contributed by atoms with van der Waals surface area (Å²) in [5, 5.41) is 10.9. The molecule has 0 saturated carbocycles. The number of rotatable bonds is 9. The molecule has 1 amide bonds. The quantitative estimate of drug-likeness (QED) is 0.225. The Morgan fingerprint density at radius 3 is 2.39 bits per heavy atom. The van der Waals surface area contributed by atoms with Crippen molar-refractivity contribution in [1.82, 2.24) is 39.7 Å². The van der Waals surface area contributed by atoms with E-state index in [4.69, 9.17) is 20.2 Å². The number of aromatic nitrogens is 7. The highest BCUT2D eigenvalue weighted by Gasteiger charge is 2.46. The van der Waals surface area contributed by atoms with Crippen molar-refractivity contribution in [3.8, 4) is 28.1 Å². The van der Waals surface area contributed by atoms with Gasteiger partial charge in [0.25, 0.3) is 5.91 Å². The summed E-state index contributed by atoms with van der Waals surface area (Å²) < 4.78 is 38.3. The number of ether oxygens (including phenoxy) is 2. The zero-order chi connectivity index (χ0) is 32.0. The van der Waals surface area contributed by atoms with E-state index in [2.05, 4.69) is 25.3 Å². The maximum absolute atomic E-state index is 13.2. The molecule has 2 saturated heterocycles. The highest BCUT2D eigenvalue weighted by Crippen LogP contribution is 2.45. The Labute approximate surface area is 264 Å². The summed E-state index contributed by atoms with van der Waals surface area (Å²) in [6.07, 6.45) is 8.55. The van der Waals surface area contributed by atoms with Gasteiger partial charge in [-0.25, -0.2) is 18.4 Å². The van der Waals surface area contributed by atoms with Crippen molar-refractivity contribution in [2.24, 2.45) is 0 Å². The van der Waals surface area contributed by atoms with Crippen LogP contribution in [-0.4, -0.2) is 92.7 Å². The number of carbonyl (C=O) groups excluding carboxylic acids is 1. The number of nitrogens with one attached hydrogen (secondary N) is 1. The van der Waals surface area contributed by atoms with Gasteiger partial charge < -0.3 is 20.1 Å². The third kappa shape index (κ3) is 5.34. The van der Waals surface area contributed by atoms with Crippen LogP contribution in [0.5, 0.6) is 5.75 Å². The summed E-state index contributed by atoms with van der Waals surface area (Å²) in [4.78, 5) is 28.7. The predicted molar refractivity (Wildman–Crippen MR) is 168 cm³/mol. The lowest BCUT2D eigenvalue weighted by molar-refractivity contribution is 0.0556. The van der Waals surface area contributed by atoms with Crippen LogP contribution >= 0.6 is 0 Å². The van der Waals surface area contributed by atoms with Crippen molar-refractivity contribution in [2.45, 2.75) is 48.6 Å². The molecule has 3 N–H and O–H groups in total. The molecule has 2 unspecified atom stereocenters. The van der Waals surface area contributed by atoms with E-state index in [0.29, 0.717) is 43.0 Å². The van der Waals surface area contributed by atoms with Gasteiger partial charge in [-0.05, 0) is 56.0 Å². The number of nitrogens with two attached hydrogens (primary N) is 1. The van der Waals surface area contributed by atoms with Crippen molar-refractivity contribution < 1.29 is 22.7 Å². The van der Waals surface area contributed by atoms with Crippen LogP contribution in [0.25, 0.3) is 28.0 Å². The van der Waals surface area contributed by atoms with Gasteiger partial charge >= 0.3 is 0 Å². The fraction of sp³-hybridized carbons (Fsp3) is 0.355. The van der Waals surface area contributed by atoms with E-state index in [-0.39, 0.29) is 40.4 Å². The minimum atomic E-state index is -3.77. The van der Waals surface area contributed by atoms with Crippen LogP contribution in [0.3, 0.4) is 0 Å². The largest absolute Gasteiger partial charge is 0.491 e. The van der Waals surface area contributed by atoms with Gasteiger partial charge in [-0.15, -0.1) is 0 Å². The lowest BCUT2D eigenvalue weighted by Gasteiger charge is -2.38. The van der Waals surface area contributed by atoms with Crippen LogP contribution in [0, 0.1) is 0 Å². The third-order valence-electron chi connectivity index (χ3n) is 8.79. The fourth-order valence-electron chi connectivity index (χ4n) is 6.73. The number of fused-ring (bicyclic) bond motifs is 3. The van der Waals surface area contributed by atoms with Crippen molar-refractivity contribution in [3.63, 3.8) is 0 Å². The number of amides is 1. The van der Waals surface area contributed by atoms with Crippen LogP contribution in [-0.2, 0) is 14.6 Å².